The van der Waals surface area contributed by atoms with Gasteiger partial charge >= 0.3 is 6.03 Å². The van der Waals surface area contributed by atoms with E-state index in [9.17, 15) is 4.79 Å². The molecule has 1 atom stereocenters. The van der Waals surface area contributed by atoms with Crippen molar-refractivity contribution in [2.45, 2.75) is 50.7 Å². The van der Waals surface area contributed by atoms with Crippen molar-refractivity contribution in [2.24, 2.45) is 0 Å². The maximum Gasteiger partial charge on any atom is 0.317 e. The van der Waals surface area contributed by atoms with Crippen LogP contribution in [-0.4, -0.2) is 53.2 Å². The third-order valence-corrected chi connectivity index (χ3v) is 4.44. The number of amides is 2. The molecule has 0 aromatic carbocycles. The van der Waals surface area contributed by atoms with E-state index >= 15 is 0 Å². The molecule has 1 aromatic rings. The van der Waals surface area contributed by atoms with Gasteiger partial charge in [-0.1, -0.05) is 12.8 Å². The Hall–Kier alpha value is -2.05. The molecule has 1 saturated heterocycles. The molecule has 1 aromatic heterocycles. The molecule has 1 aliphatic carbocycles. The lowest BCUT2D eigenvalue weighted by Crippen LogP contribution is -2.50. The highest BCUT2D eigenvalue weighted by Gasteiger charge is 2.27. The van der Waals surface area contributed by atoms with Crippen LogP contribution in [0.4, 0.5) is 4.79 Å². The smallest absolute Gasteiger partial charge is 0.317 e. The predicted octanol–water partition coefficient (Wildman–Crippen LogP) is 1.98. The zero-order valence-electron chi connectivity index (χ0n) is 13.5. The highest BCUT2D eigenvalue weighted by molar-refractivity contribution is 5.74. The largest absolute Gasteiger partial charge is 0.480 e. The summed E-state index contributed by atoms with van der Waals surface area (Å²) in [5, 5.41) is 3.13. The first-order valence-electron chi connectivity index (χ1n) is 8.33. The Morgan fingerprint density at radius 3 is 2.78 bits per heavy atom. The van der Waals surface area contributed by atoms with Crippen LogP contribution in [0.15, 0.2) is 12.4 Å². The molecule has 1 saturated carbocycles. The molecule has 7 heteroatoms. The first-order chi connectivity index (χ1) is 11.2. The summed E-state index contributed by atoms with van der Waals surface area (Å²) in [5.41, 5.74) is 0. The molecule has 2 fully saturated rings. The maximum absolute atomic E-state index is 12.4. The Morgan fingerprint density at radius 1 is 1.22 bits per heavy atom. The minimum absolute atomic E-state index is 0.0296. The van der Waals surface area contributed by atoms with Gasteiger partial charge < -0.3 is 19.7 Å². The lowest BCUT2D eigenvalue weighted by molar-refractivity contribution is 0.0958. The Labute approximate surface area is 136 Å². The van der Waals surface area contributed by atoms with Crippen LogP contribution in [0.1, 0.15) is 38.5 Å². The van der Waals surface area contributed by atoms with Gasteiger partial charge in [-0.3, -0.25) is 4.98 Å². The second kappa shape index (κ2) is 7.48. The number of ether oxygens (including phenoxy) is 2. The summed E-state index contributed by atoms with van der Waals surface area (Å²) in [4.78, 5) is 22.5. The van der Waals surface area contributed by atoms with Crippen molar-refractivity contribution < 1.29 is 14.3 Å². The van der Waals surface area contributed by atoms with E-state index < -0.39 is 0 Å². The van der Waals surface area contributed by atoms with Crippen molar-refractivity contribution in [1.82, 2.24) is 20.2 Å². The second-order valence-electron chi connectivity index (χ2n) is 6.16. The van der Waals surface area contributed by atoms with Crippen molar-refractivity contribution in [2.75, 3.05) is 20.2 Å². The van der Waals surface area contributed by atoms with Gasteiger partial charge in [-0.05, 0) is 25.7 Å². The van der Waals surface area contributed by atoms with Gasteiger partial charge in [0.2, 0.25) is 11.8 Å². The highest BCUT2D eigenvalue weighted by atomic mass is 16.5. The number of rotatable bonds is 4. The third-order valence-electron chi connectivity index (χ3n) is 4.44. The number of piperidine rings is 1. The molecular weight excluding hydrogens is 296 g/mol. The zero-order chi connectivity index (χ0) is 16.1. The number of urea groups is 1. The van der Waals surface area contributed by atoms with Gasteiger partial charge in [0.05, 0.1) is 26.0 Å². The molecule has 0 bridgehead atoms. The van der Waals surface area contributed by atoms with Crippen LogP contribution < -0.4 is 14.8 Å². The minimum atomic E-state index is -0.0560. The molecule has 2 amide bonds. The Bertz CT molecular complexity index is 534. The predicted molar refractivity (Wildman–Crippen MR) is 84.6 cm³/mol. The number of hydrogen-bond donors (Lipinski definition) is 1. The van der Waals surface area contributed by atoms with Crippen LogP contribution in [0.2, 0.25) is 0 Å². The fraction of sp³-hybridized carbons (Fsp3) is 0.688. The molecule has 23 heavy (non-hydrogen) atoms. The Balaban J connectivity index is 1.53. The monoisotopic (exact) mass is 320 g/mol. The van der Waals surface area contributed by atoms with Gasteiger partial charge in [0, 0.05) is 12.6 Å². The lowest BCUT2D eigenvalue weighted by Gasteiger charge is -2.33. The Kier molecular flexibility index (Phi) is 5.15. The van der Waals surface area contributed by atoms with E-state index in [0.29, 0.717) is 24.3 Å². The quantitative estimate of drug-likeness (QED) is 0.918. The standard InChI is InChI=1S/C16H24N4O3/c1-22-14-9-17-10-15(19-14)23-13-7-4-8-20(11-13)16(21)18-12-5-2-3-6-12/h9-10,12-13H,2-8,11H2,1H3,(H,18,21). The van der Waals surface area contributed by atoms with Crippen molar-refractivity contribution in [3.8, 4) is 11.8 Å². The molecule has 2 heterocycles. The number of carbonyl (C=O) groups excluding carboxylic acids is 1. The molecule has 2 aliphatic rings. The Morgan fingerprint density at radius 2 is 2.00 bits per heavy atom. The van der Waals surface area contributed by atoms with E-state index in [0.717, 1.165) is 32.2 Å². The van der Waals surface area contributed by atoms with Crippen LogP contribution in [-0.2, 0) is 0 Å². The molecule has 1 aliphatic heterocycles. The summed E-state index contributed by atoms with van der Waals surface area (Å²) >= 11 is 0. The minimum Gasteiger partial charge on any atom is -0.480 e. The summed E-state index contributed by atoms with van der Waals surface area (Å²) in [6.07, 6.45) is 9.51. The molecule has 126 valence electrons. The molecule has 0 spiro atoms. The fourth-order valence-corrected chi connectivity index (χ4v) is 3.21. The molecule has 1 unspecified atom stereocenters. The van der Waals surface area contributed by atoms with Crippen LogP contribution in [0.5, 0.6) is 11.8 Å². The summed E-state index contributed by atoms with van der Waals surface area (Å²) in [6.45, 7) is 1.36. The molecule has 1 N–H and O–H groups in total. The number of aromatic nitrogens is 2. The number of hydrogen-bond acceptors (Lipinski definition) is 5. The van der Waals surface area contributed by atoms with Crippen molar-refractivity contribution >= 4 is 6.03 Å². The van der Waals surface area contributed by atoms with Gasteiger partial charge in [-0.25, -0.2) is 4.79 Å². The number of methoxy groups -OCH3 is 1. The summed E-state index contributed by atoms with van der Waals surface area (Å²) in [6, 6.07) is 0.370. The van der Waals surface area contributed by atoms with E-state index in [1.54, 1.807) is 13.3 Å². The van der Waals surface area contributed by atoms with E-state index in [4.69, 9.17) is 9.47 Å². The zero-order valence-corrected chi connectivity index (χ0v) is 13.5. The van der Waals surface area contributed by atoms with Crippen LogP contribution >= 0.6 is 0 Å². The van der Waals surface area contributed by atoms with Gasteiger partial charge in [0.1, 0.15) is 6.10 Å². The second-order valence-corrected chi connectivity index (χ2v) is 6.16. The van der Waals surface area contributed by atoms with Crippen LogP contribution in [0.25, 0.3) is 0 Å². The van der Waals surface area contributed by atoms with Gasteiger partial charge in [0.15, 0.2) is 0 Å². The van der Waals surface area contributed by atoms with Crippen molar-refractivity contribution in [3.63, 3.8) is 0 Å². The van der Waals surface area contributed by atoms with E-state index in [2.05, 4.69) is 15.3 Å². The normalized spacial score (nSPS) is 22.0. The maximum atomic E-state index is 12.4. The van der Waals surface area contributed by atoms with Crippen molar-refractivity contribution in [1.29, 1.82) is 0 Å². The van der Waals surface area contributed by atoms with Gasteiger partial charge in [-0.2, -0.15) is 4.98 Å². The average Bonchev–Trinajstić information content (AvgIpc) is 3.08. The lowest BCUT2D eigenvalue weighted by atomic mass is 10.1. The van der Waals surface area contributed by atoms with E-state index in [-0.39, 0.29) is 12.1 Å². The molecule has 7 nitrogen and oxygen atoms in total. The average molecular weight is 320 g/mol. The first-order valence-corrected chi connectivity index (χ1v) is 8.33. The van der Waals surface area contributed by atoms with Gasteiger partial charge in [-0.15, -0.1) is 0 Å². The SMILES string of the molecule is COc1cncc(OC2CCCN(C(=O)NC3CCCC3)C2)n1. The number of likely N-dealkylation sites (tertiary alicyclic amines) is 1. The molecule has 0 radical (unpaired) electrons. The summed E-state index contributed by atoms with van der Waals surface area (Å²) in [5.74, 6) is 0.863. The number of nitrogens with one attached hydrogen (secondary N) is 1. The molecular formula is C16H24N4O3. The van der Waals surface area contributed by atoms with E-state index in [1.807, 2.05) is 4.90 Å². The van der Waals surface area contributed by atoms with Crippen molar-refractivity contribution in [3.05, 3.63) is 12.4 Å². The van der Waals surface area contributed by atoms with Crippen LogP contribution in [0.3, 0.4) is 0 Å². The van der Waals surface area contributed by atoms with Gasteiger partial charge in [0.25, 0.3) is 0 Å². The highest BCUT2D eigenvalue weighted by Crippen LogP contribution is 2.20. The van der Waals surface area contributed by atoms with Crippen LogP contribution in [0, 0.1) is 0 Å². The molecule has 3 rings (SSSR count). The topological polar surface area (TPSA) is 76.6 Å². The fourth-order valence-electron chi connectivity index (χ4n) is 3.21. The first kappa shape index (κ1) is 15.8. The summed E-state index contributed by atoms with van der Waals surface area (Å²) in [7, 11) is 1.55. The summed E-state index contributed by atoms with van der Waals surface area (Å²) < 4.78 is 10.9. The third kappa shape index (κ3) is 4.24. The number of carbonyl (C=O) groups is 1. The van der Waals surface area contributed by atoms with E-state index in [1.165, 1.54) is 19.0 Å². The number of nitrogens with zero attached hydrogens (tertiary/aromatic N) is 3.